The van der Waals surface area contributed by atoms with Gasteiger partial charge in [-0.3, -0.25) is 9.88 Å². The molecule has 1 N–H and O–H groups in total. The number of fused-ring (bicyclic) bond motifs is 4. The van der Waals surface area contributed by atoms with E-state index in [1.165, 1.54) is 5.39 Å². The molecule has 1 saturated heterocycles. The van der Waals surface area contributed by atoms with Crippen molar-refractivity contribution in [3.8, 4) is 11.5 Å². The van der Waals surface area contributed by atoms with Crippen LogP contribution in [-0.2, 0) is 16.1 Å². The summed E-state index contributed by atoms with van der Waals surface area (Å²) in [6.45, 7) is 6.52. The van der Waals surface area contributed by atoms with E-state index < -0.39 is 12.0 Å². The second-order valence-electron chi connectivity index (χ2n) is 11.2. The molecule has 0 saturated carbocycles. The number of phenols is 1. The molecule has 0 spiro atoms. The molecule has 8 nitrogen and oxygen atoms in total. The summed E-state index contributed by atoms with van der Waals surface area (Å²) < 4.78 is 23.8. The van der Waals surface area contributed by atoms with E-state index in [0.29, 0.717) is 77.3 Å². The highest BCUT2D eigenvalue weighted by atomic mass is 16.5. The molecule has 3 heterocycles. The Hall–Kier alpha value is -4.92. The van der Waals surface area contributed by atoms with Crippen molar-refractivity contribution in [2.45, 2.75) is 26.5 Å². The number of rotatable bonds is 8. The van der Waals surface area contributed by atoms with Crippen LogP contribution in [-0.4, -0.2) is 53.9 Å². The molecule has 7 rings (SSSR count). The van der Waals surface area contributed by atoms with E-state index in [1.54, 1.807) is 26.2 Å². The number of furan rings is 1. The minimum absolute atomic E-state index is 0.0632. The van der Waals surface area contributed by atoms with Crippen LogP contribution < -0.4 is 4.74 Å². The van der Waals surface area contributed by atoms with Crippen LogP contribution in [0.4, 0.5) is 0 Å². The summed E-state index contributed by atoms with van der Waals surface area (Å²) in [6.07, 6.45) is 3.48. The molecular formula is C37H34N2O6. The van der Waals surface area contributed by atoms with Gasteiger partial charge in [0.05, 0.1) is 25.9 Å². The van der Waals surface area contributed by atoms with Gasteiger partial charge in [-0.15, -0.1) is 0 Å². The molecule has 45 heavy (non-hydrogen) atoms. The SMILES string of the molecule is CCOC(=O)c1c(C)oc2c1c(C(c1ccncc1)N1CCOCC1)c(O)c1cc(OCc3ccc4ccccc4c3)ccc12. The van der Waals surface area contributed by atoms with Gasteiger partial charge in [-0.1, -0.05) is 36.4 Å². The maximum absolute atomic E-state index is 13.4. The third kappa shape index (κ3) is 5.36. The van der Waals surface area contributed by atoms with Gasteiger partial charge in [-0.25, -0.2) is 4.79 Å². The Morgan fingerprint density at radius 2 is 1.76 bits per heavy atom. The van der Waals surface area contributed by atoms with Crippen LogP contribution >= 0.6 is 0 Å². The van der Waals surface area contributed by atoms with E-state index in [0.717, 1.165) is 16.5 Å². The normalized spacial score (nSPS) is 14.6. The lowest BCUT2D eigenvalue weighted by molar-refractivity contribution is 0.0238. The van der Waals surface area contributed by atoms with Crippen molar-refractivity contribution >= 4 is 38.5 Å². The Labute approximate surface area is 260 Å². The van der Waals surface area contributed by atoms with E-state index in [-0.39, 0.29) is 12.4 Å². The quantitative estimate of drug-likeness (QED) is 0.181. The van der Waals surface area contributed by atoms with Crippen molar-refractivity contribution in [2.75, 3.05) is 32.9 Å². The summed E-state index contributed by atoms with van der Waals surface area (Å²) >= 11 is 0. The number of benzene rings is 4. The van der Waals surface area contributed by atoms with E-state index in [1.807, 2.05) is 42.5 Å². The first-order chi connectivity index (χ1) is 22.0. The summed E-state index contributed by atoms with van der Waals surface area (Å²) in [4.78, 5) is 19.9. The predicted octanol–water partition coefficient (Wildman–Crippen LogP) is 7.33. The van der Waals surface area contributed by atoms with Gasteiger partial charge in [-0.2, -0.15) is 0 Å². The van der Waals surface area contributed by atoms with Crippen LogP contribution in [0.15, 0.2) is 89.6 Å². The number of ether oxygens (including phenoxy) is 3. The number of carbonyl (C=O) groups is 1. The summed E-state index contributed by atoms with van der Waals surface area (Å²) in [7, 11) is 0. The first-order valence-electron chi connectivity index (χ1n) is 15.2. The smallest absolute Gasteiger partial charge is 0.342 e. The average molecular weight is 603 g/mol. The number of phenolic OH excluding ortho intramolecular Hbond substituents is 1. The van der Waals surface area contributed by atoms with Crippen LogP contribution in [0.1, 0.15) is 45.8 Å². The van der Waals surface area contributed by atoms with Gasteiger partial charge < -0.3 is 23.7 Å². The van der Waals surface area contributed by atoms with E-state index in [4.69, 9.17) is 18.6 Å². The molecule has 1 atom stereocenters. The van der Waals surface area contributed by atoms with Crippen molar-refractivity contribution in [3.05, 3.63) is 113 Å². The fourth-order valence-corrected chi connectivity index (χ4v) is 6.41. The van der Waals surface area contributed by atoms with Gasteiger partial charge in [-0.05, 0) is 72.1 Å². The highest BCUT2D eigenvalue weighted by Gasteiger charge is 2.34. The Morgan fingerprint density at radius 1 is 0.978 bits per heavy atom. The van der Waals surface area contributed by atoms with Crippen LogP contribution in [0.3, 0.4) is 0 Å². The van der Waals surface area contributed by atoms with Crippen molar-refractivity contribution in [1.82, 2.24) is 9.88 Å². The molecule has 0 radical (unpaired) electrons. The van der Waals surface area contributed by atoms with Crippen LogP contribution in [0, 0.1) is 6.92 Å². The van der Waals surface area contributed by atoms with Crippen molar-refractivity contribution in [3.63, 3.8) is 0 Å². The first-order valence-corrected chi connectivity index (χ1v) is 15.2. The molecule has 1 aliphatic rings. The lowest BCUT2D eigenvalue weighted by Gasteiger charge is -2.36. The van der Waals surface area contributed by atoms with Crippen molar-refractivity contribution < 1.29 is 28.5 Å². The lowest BCUT2D eigenvalue weighted by atomic mass is 9.89. The van der Waals surface area contributed by atoms with Crippen LogP contribution in [0.25, 0.3) is 32.5 Å². The zero-order valence-corrected chi connectivity index (χ0v) is 25.3. The van der Waals surface area contributed by atoms with E-state index in [2.05, 4.69) is 40.2 Å². The highest BCUT2D eigenvalue weighted by Crippen LogP contribution is 2.48. The van der Waals surface area contributed by atoms with Gasteiger partial charge in [0.2, 0.25) is 0 Å². The van der Waals surface area contributed by atoms with Gasteiger partial charge in [0.15, 0.2) is 0 Å². The zero-order chi connectivity index (χ0) is 30.9. The van der Waals surface area contributed by atoms with Gasteiger partial charge in [0.25, 0.3) is 0 Å². The Bertz CT molecular complexity index is 2010. The predicted molar refractivity (Wildman–Crippen MR) is 173 cm³/mol. The molecule has 0 bridgehead atoms. The summed E-state index contributed by atoms with van der Waals surface area (Å²) in [5.41, 5.74) is 3.40. The molecule has 2 aromatic heterocycles. The topological polar surface area (TPSA) is 94.3 Å². The number of hydrogen-bond acceptors (Lipinski definition) is 8. The fraction of sp³-hybridized carbons (Fsp3) is 0.243. The number of aromatic hydroxyl groups is 1. The average Bonchev–Trinajstić information content (AvgIpc) is 3.43. The molecule has 1 aliphatic heterocycles. The monoisotopic (exact) mass is 602 g/mol. The molecule has 1 fully saturated rings. The molecular weight excluding hydrogens is 568 g/mol. The number of morpholine rings is 1. The van der Waals surface area contributed by atoms with Crippen LogP contribution in [0.2, 0.25) is 0 Å². The van der Waals surface area contributed by atoms with Crippen LogP contribution in [0.5, 0.6) is 11.5 Å². The standard InChI is InChI=1S/C37H34N2O6/c1-3-43-37(41)31-23(2)45-36-29-11-10-28(44-22-24-8-9-25-6-4-5-7-27(25)20-24)21-30(29)35(40)33(32(31)36)34(26-12-14-38-15-13-26)39-16-18-42-19-17-39/h4-15,20-21,34,40H,3,16-19,22H2,1-2H3. The minimum Gasteiger partial charge on any atom is -0.507 e. The maximum atomic E-state index is 13.4. The highest BCUT2D eigenvalue weighted by molar-refractivity contribution is 6.17. The molecule has 0 amide bonds. The zero-order valence-electron chi connectivity index (χ0n) is 25.3. The summed E-state index contributed by atoms with van der Waals surface area (Å²) in [5, 5.41) is 16.4. The Balaban J connectivity index is 1.40. The lowest BCUT2D eigenvalue weighted by Crippen LogP contribution is -2.39. The van der Waals surface area contributed by atoms with E-state index >= 15 is 0 Å². The molecule has 4 aromatic carbocycles. The number of carbonyl (C=O) groups excluding carboxylic acids is 1. The summed E-state index contributed by atoms with van der Waals surface area (Å²) in [6, 6.07) is 23.6. The second kappa shape index (κ2) is 12.2. The Kier molecular flexibility index (Phi) is 7.83. The number of aryl methyl sites for hydroxylation is 1. The Morgan fingerprint density at radius 3 is 2.53 bits per heavy atom. The first kappa shape index (κ1) is 28.8. The molecule has 8 heteroatoms. The third-order valence-electron chi connectivity index (χ3n) is 8.50. The largest absolute Gasteiger partial charge is 0.507 e. The second-order valence-corrected chi connectivity index (χ2v) is 11.2. The molecule has 6 aromatic rings. The number of aromatic nitrogens is 1. The van der Waals surface area contributed by atoms with Crippen molar-refractivity contribution in [1.29, 1.82) is 0 Å². The number of esters is 1. The molecule has 0 aliphatic carbocycles. The molecule has 1 unspecified atom stereocenters. The number of pyridine rings is 1. The number of nitrogens with zero attached hydrogens (tertiary/aromatic N) is 2. The maximum Gasteiger partial charge on any atom is 0.342 e. The summed E-state index contributed by atoms with van der Waals surface area (Å²) in [5.74, 6) is 0.619. The minimum atomic E-state index is -0.487. The van der Waals surface area contributed by atoms with Gasteiger partial charge >= 0.3 is 5.97 Å². The fourth-order valence-electron chi connectivity index (χ4n) is 6.41. The third-order valence-corrected chi connectivity index (χ3v) is 8.50. The van der Waals surface area contributed by atoms with Crippen molar-refractivity contribution in [2.24, 2.45) is 0 Å². The number of hydrogen-bond donors (Lipinski definition) is 1. The molecule has 228 valence electrons. The van der Waals surface area contributed by atoms with Gasteiger partial charge in [0.1, 0.15) is 35.0 Å². The van der Waals surface area contributed by atoms with Gasteiger partial charge in [0, 0.05) is 47.2 Å². The van der Waals surface area contributed by atoms with E-state index in [9.17, 15) is 9.90 Å².